The fourth-order valence-electron chi connectivity index (χ4n) is 3.16. The van der Waals surface area contributed by atoms with Crippen LogP contribution in [0.25, 0.3) is 0 Å². The van der Waals surface area contributed by atoms with Crippen molar-refractivity contribution in [3.8, 4) is 11.5 Å². The highest BCUT2D eigenvalue weighted by Crippen LogP contribution is 2.46. The first kappa shape index (κ1) is 14.0. The number of hydrogen-bond donors (Lipinski definition) is 1. The monoisotopic (exact) mass is 296 g/mol. The second-order valence-corrected chi connectivity index (χ2v) is 6.04. The number of fused-ring (bicyclic) bond motifs is 1. The molecule has 1 fully saturated rings. The molecule has 1 aromatic carbocycles. The van der Waals surface area contributed by atoms with Crippen molar-refractivity contribution in [1.82, 2.24) is 4.90 Å². The normalized spacial score (nSPS) is 26.6. The van der Waals surface area contributed by atoms with E-state index >= 15 is 0 Å². The van der Waals surface area contributed by atoms with Crippen LogP contribution < -0.4 is 15.2 Å². The Bertz CT molecular complexity index is 495. The van der Waals surface area contributed by atoms with Crippen molar-refractivity contribution in [3.05, 3.63) is 22.7 Å². The van der Waals surface area contributed by atoms with Gasteiger partial charge in [0, 0.05) is 29.6 Å². The summed E-state index contributed by atoms with van der Waals surface area (Å²) in [6.07, 6.45) is 1.92. The Hall–Kier alpha value is -0.970. The van der Waals surface area contributed by atoms with Crippen molar-refractivity contribution < 1.29 is 9.47 Å². The number of halogens is 1. The van der Waals surface area contributed by atoms with Gasteiger partial charge in [-0.05, 0) is 38.1 Å². The molecule has 0 aromatic heterocycles. The van der Waals surface area contributed by atoms with Crippen molar-refractivity contribution >= 4 is 11.6 Å². The van der Waals surface area contributed by atoms with E-state index in [4.69, 9.17) is 26.8 Å². The van der Waals surface area contributed by atoms with Crippen molar-refractivity contribution in [1.29, 1.82) is 0 Å². The average Bonchev–Trinajstić information content (AvgIpc) is 2.67. The molecule has 2 aliphatic rings. The van der Waals surface area contributed by atoms with Crippen LogP contribution in [0.4, 0.5) is 0 Å². The van der Waals surface area contributed by atoms with Gasteiger partial charge in [-0.2, -0.15) is 0 Å². The van der Waals surface area contributed by atoms with Gasteiger partial charge in [-0.25, -0.2) is 0 Å². The first-order valence-corrected chi connectivity index (χ1v) is 7.56. The van der Waals surface area contributed by atoms with Crippen LogP contribution in [0.1, 0.15) is 24.4 Å². The third-order valence-electron chi connectivity index (χ3n) is 4.20. The molecule has 0 spiro atoms. The zero-order valence-corrected chi connectivity index (χ0v) is 12.5. The Labute approximate surface area is 124 Å². The summed E-state index contributed by atoms with van der Waals surface area (Å²) in [5.74, 6) is 2.15. The fraction of sp³-hybridized carbons (Fsp3) is 0.600. The Balaban J connectivity index is 2.00. The Morgan fingerprint density at radius 2 is 2.15 bits per heavy atom. The molecule has 2 aliphatic heterocycles. The Kier molecular flexibility index (Phi) is 4.06. The summed E-state index contributed by atoms with van der Waals surface area (Å²) in [6.45, 7) is 3.09. The highest BCUT2D eigenvalue weighted by Gasteiger charge is 2.34. The minimum Gasteiger partial charge on any atom is -0.490 e. The summed E-state index contributed by atoms with van der Waals surface area (Å²) in [7, 11) is 2.12. The first-order chi connectivity index (χ1) is 9.70. The summed E-state index contributed by atoms with van der Waals surface area (Å²) < 4.78 is 11.7. The van der Waals surface area contributed by atoms with E-state index in [2.05, 4.69) is 11.9 Å². The van der Waals surface area contributed by atoms with Gasteiger partial charge in [0.15, 0.2) is 11.5 Å². The van der Waals surface area contributed by atoms with Crippen molar-refractivity contribution in [2.24, 2.45) is 11.7 Å². The zero-order chi connectivity index (χ0) is 14.1. The van der Waals surface area contributed by atoms with E-state index in [1.165, 1.54) is 0 Å². The van der Waals surface area contributed by atoms with Gasteiger partial charge in [-0.1, -0.05) is 11.6 Å². The van der Waals surface area contributed by atoms with Crippen molar-refractivity contribution in [2.75, 3.05) is 33.4 Å². The van der Waals surface area contributed by atoms with E-state index in [1.807, 2.05) is 12.1 Å². The van der Waals surface area contributed by atoms with Crippen LogP contribution in [-0.4, -0.2) is 38.3 Å². The smallest absolute Gasteiger partial charge is 0.167 e. The topological polar surface area (TPSA) is 47.7 Å². The maximum atomic E-state index is 6.46. The zero-order valence-electron chi connectivity index (χ0n) is 11.8. The van der Waals surface area contributed by atoms with Crippen LogP contribution >= 0.6 is 11.6 Å². The minimum absolute atomic E-state index is 0.257. The number of nitrogens with two attached hydrogens (primary N) is 1. The third kappa shape index (κ3) is 2.48. The number of ether oxygens (including phenoxy) is 2. The molecule has 2 N–H and O–H groups in total. The van der Waals surface area contributed by atoms with Gasteiger partial charge in [0.2, 0.25) is 0 Å². The van der Waals surface area contributed by atoms with Crippen LogP contribution in [-0.2, 0) is 0 Å². The fourth-order valence-corrected chi connectivity index (χ4v) is 3.43. The standard InChI is InChI=1S/C15H21ClN2O2/c1-18-9-10(8-17)7-12(18)14-11(16)3-4-13-15(14)20-6-2-5-19-13/h3-4,10,12H,2,5-9,17H2,1H3. The highest BCUT2D eigenvalue weighted by molar-refractivity contribution is 6.31. The van der Waals surface area contributed by atoms with E-state index in [9.17, 15) is 0 Å². The summed E-state index contributed by atoms with van der Waals surface area (Å²) in [5.41, 5.74) is 6.88. The maximum absolute atomic E-state index is 6.46. The van der Waals surface area contributed by atoms with E-state index in [0.29, 0.717) is 25.7 Å². The quantitative estimate of drug-likeness (QED) is 0.911. The summed E-state index contributed by atoms with van der Waals surface area (Å²) in [5, 5.41) is 0.753. The molecule has 20 heavy (non-hydrogen) atoms. The predicted octanol–water partition coefficient (Wildman–Crippen LogP) is 2.45. The molecule has 1 aromatic rings. The van der Waals surface area contributed by atoms with Crippen LogP contribution in [0, 0.1) is 5.92 Å². The van der Waals surface area contributed by atoms with Gasteiger partial charge >= 0.3 is 0 Å². The molecule has 2 unspecified atom stereocenters. The molecule has 1 saturated heterocycles. The first-order valence-electron chi connectivity index (χ1n) is 7.19. The van der Waals surface area contributed by atoms with Gasteiger partial charge in [-0.15, -0.1) is 0 Å². The predicted molar refractivity (Wildman–Crippen MR) is 79.6 cm³/mol. The van der Waals surface area contributed by atoms with E-state index < -0.39 is 0 Å². The van der Waals surface area contributed by atoms with Gasteiger partial charge in [0.05, 0.1) is 13.2 Å². The van der Waals surface area contributed by atoms with E-state index in [0.717, 1.165) is 41.5 Å². The number of likely N-dealkylation sites (tertiary alicyclic amines) is 1. The summed E-state index contributed by atoms with van der Waals surface area (Å²) in [6, 6.07) is 4.07. The lowest BCUT2D eigenvalue weighted by Crippen LogP contribution is -2.21. The van der Waals surface area contributed by atoms with Gasteiger partial charge in [-0.3, -0.25) is 4.90 Å². The average molecular weight is 297 g/mol. The summed E-state index contributed by atoms with van der Waals surface area (Å²) >= 11 is 6.46. The summed E-state index contributed by atoms with van der Waals surface area (Å²) in [4.78, 5) is 2.31. The van der Waals surface area contributed by atoms with Crippen LogP contribution in [0.3, 0.4) is 0 Å². The highest BCUT2D eigenvalue weighted by atomic mass is 35.5. The molecule has 0 bridgehead atoms. The molecular weight excluding hydrogens is 276 g/mol. The van der Waals surface area contributed by atoms with Crippen molar-refractivity contribution in [2.45, 2.75) is 18.9 Å². The molecule has 2 atom stereocenters. The Morgan fingerprint density at radius 1 is 1.35 bits per heavy atom. The van der Waals surface area contributed by atoms with E-state index in [1.54, 1.807) is 0 Å². The SMILES string of the molecule is CN1CC(CN)CC1c1c(Cl)ccc2c1OCCCO2. The molecule has 0 saturated carbocycles. The molecule has 3 rings (SSSR count). The van der Waals surface area contributed by atoms with Crippen LogP contribution in [0.15, 0.2) is 12.1 Å². The number of rotatable bonds is 2. The largest absolute Gasteiger partial charge is 0.490 e. The molecule has 0 radical (unpaired) electrons. The lowest BCUT2D eigenvalue weighted by atomic mass is 9.98. The molecular formula is C15H21ClN2O2. The lowest BCUT2D eigenvalue weighted by Gasteiger charge is -2.24. The number of hydrogen-bond acceptors (Lipinski definition) is 4. The second-order valence-electron chi connectivity index (χ2n) is 5.63. The third-order valence-corrected chi connectivity index (χ3v) is 4.53. The Morgan fingerprint density at radius 3 is 2.90 bits per heavy atom. The minimum atomic E-state index is 0.257. The second kappa shape index (κ2) is 5.80. The number of nitrogens with zero attached hydrogens (tertiary/aromatic N) is 1. The van der Waals surface area contributed by atoms with Crippen LogP contribution in [0.5, 0.6) is 11.5 Å². The van der Waals surface area contributed by atoms with Gasteiger partial charge < -0.3 is 15.2 Å². The van der Waals surface area contributed by atoms with Gasteiger partial charge in [0.25, 0.3) is 0 Å². The van der Waals surface area contributed by atoms with E-state index in [-0.39, 0.29) is 6.04 Å². The molecule has 110 valence electrons. The molecule has 4 nitrogen and oxygen atoms in total. The van der Waals surface area contributed by atoms with Gasteiger partial charge in [0.1, 0.15) is 0 Å². The number of benzene rings is 1. The lowest BCUT2D eigenvalue weighted by molar-refractivity contribution is 0.282. The molecule has 2 heterocycles. The van der Waals surface area contributed by atoms with Crippen molar-refractivity contribution in [3.63, 3.8) is 0 Å². The molecule has 0 aliphatic carbocycles. The molecule has 5 heteroatoms. The maximum Gasteiger partial charge on any atom is 0.167 e. The van der Waals surface area contributed by atoms with Crippen LogP contribution in [0.2, 0.25) is 5.02 Å². The molecule has 0 amide bonds.